The molecule has 106 valence electrons. The van der Waals surface area contributed by atoms with Crippen LogP contribution in [0.2, 0.25) is 0 Å². The largest absolute Gasteiger partial charge is 0.329 e. The van der Waals surface area contributed by atoms with Crippen LogP contribution < -0.4 is 5.73 Å². The van der Waals surface area contributed by atoms with E-state index in [9.17, 15) is 0 Å². The van der Waals surface area contributed by atoms with Crippen molar-refractivity contribution in [2.75, 3.05) is 53.4 Å². The summed E-state index contributed by atoms with van der Waals surface area (Å²) in [5, 5.41) is 0. The second-order valence-corrected chi connectivity index (χ2v) is 6.11. The minimum absolute atomic E-state index is 0.567. The maximum atomic E-state index is 5.91. The number of rotatable bonds is 4. The predicted octanol–water partition coefficient (Wildman–Crippen LogP) is 0.436. The number of hydrogen-bond donors (Lipinski definition) is 1. The number of piperazine rings is 1. The van der Waals surface area contributed by atoms with Crippen molar-refractivity contribution < 1.29 is 0 Å². The molecule has 2 fully saturated rings. The van der Waals surface area contributed by atoms with Crippen molar-refractivity contribution in [3.8, 4) is 0 Å². The second-order valence-electron chi connectivity index (χ2n) is 6.11. The first kappa shape index (κ1) is 14.3. The smallest absolute Gasteiger partial charge is 0.0346 e. The van der Waals surface area contributed by atoms with Crippen molar-refractivity contribution in [3.63, 3.8) is 0 Å². The van der Waals surface area contributed by atoms with Crippen LogP contribution in [0.4, 0.5) is 0 Å². The second kappa shape index (κ2) is 6.85. The maximum Gasteiger partial charge on any atom is 0.0346 e. The fraction of sp³-hybridized carbons (Fsp3) is 1.00. The van der Waals surface area contributed by atoms with Gasteiger partial charge in [0.1, 0.15) is 0 Å². The third kappa shape index (κ3) is 3.67. The van der Waals surface area contributed by atoms with Crippen molar-refractivity contribution >= 4 is 0 Å². The monoisotopic (exact) mass is 254 g/mol. The Labute approximate surface area is 112 Å². The average Bonchev–Trinajstić information content (AvgIpc) is 2.39. The average molecular weight is 254 g/mol. The number of likely N-dealkylation sites (N-methyl/N-ethyl adjacent to an activating group) is 1. The Morgan fingerprint density at radius 1 is 1.06 bits per heavy atom. The van der Waals surface area contributed by atoms with Gasteiger partial charge in [-0.25, -0.2) is 0 Å². The first-order valence-electron chi connectivity index (χ1n) is 7.53. The molecule has 2 aliphatic rings. The van der Waals surface area contributed by atoms with E-state index in [0.29, 0.717) is 6.04 Å². The van der Waals surface area contributed by atoms with Crippen LogP contribution in [0.15, 0.2) is 0 Å². The topological polar surface area (TPSA) is 35.7 Å². The van der Waals surface area contributed by atoms with E-state index in [2.05, 4.69) is 28.8 Å². The van der Waals surface area contributed by atoms with Gasteiger partial charge in [0.15, 0.2) is 0 Å². The van der Waals surface area contributed by atoms with Crippen LogP contribution in [-0.4, -0.2) is 80.1 Å². The maximum absolute atomic E-state index is 5.91. The van der Waals surface area contributed by atoms with Gasteiger partial charge in [-0.2, -0.15) is 0 Å². The highest BCUT2D eigenvalue weighted by Gasteiger charge is 2.25. The molecule has 0 spiro atoms. The van der Waals surface area contributed by atoms with E-state index in [4.69, 9.17) is 5.73 Å². The van der Waals surface area contributed by atoms with Gasteiger partial charge in [0.25, 0.3) is 0 Å². The molecule has 4 heteroatoms. The molecule has 2 unspecified atom stereocenters. The molecule has 2 N–H and O–H groups in total. The van der Waals surface area contributed by atoms with Crippen LogP contribution in [0.1, 0.15) is 25.7 Å². The molecule has 0 radical (unpaired) electrons. The molecule has 0 aliphatic carbocycles. The Morgan fingerprint density at radius 2 is 1.89 bits per heavy atom. The van der Waals surface area contributed by atoms with Crippen LogP contribution in [0.3, 0.4) is 0 Å². The summed E-state index contributed by atoms with van der Waals surface area (Å²) >= 11 is 0. The van der Waals surface area contributed by atoms with Crippen LogP contribution in [0, 0.1) is 0 Å². The van der Waals surface area contributed by atoms with Crippen LogP contribution in [0.25, 0.3) is 0 Å². The van der Waals surface area contributed by atoms with Gasteiger partial charge in [0.2, 0.25) is 0 Å². The van der Waals surface area contributed by atoms with Crippen molar-refractivity contribution in [1.82, 2.24) is 14.7 Å². The summed E-state index contributed by atoms with van der Waals surface area (Å²) in [7, 11) is 4.49. The molecule has 2 atom stereocenters. The van der Waals surface area contributed by atoms with E-state index in [-0.39, 0.29) is 0 Å². The molecule has 0 aromatic heterocycles. The van der Waals surface area contributed by atoms with Gasteiger partial charge < -0.3 is 15.5 Å². The normalized spacial score (nSPS) is 32.8. The molecule has 0 saturated carbocycles. The number of likely N-dealkylation sites (tertiary alicyclic amines) is 1. The van der Waals surface area contributed by atoms with Crippen molar-refractivity contribution in [1.29, 1.82) is 0 Å². The van der Waals surface area contributed by atoms with Gasteiger partial charge in [-0.15, -0.1) is 0 Å². The third-order valence-electron chi connectivity index (χ3n) is 4.75. The molecular formula is C14H30N4. The van der Waals surface area contributed by atoms with Gasteiger partial charge in [0, 0.05) is 44.8 Å². The van der Waals surface area contributed by atoms with Gasteiger partial charge in [-0.3, -0.25) is 4.90 Å². The lowest BCUT2D eigenvalue weighted by Gasteiger charge is -2.41. The molecule has 0 amide bonds. The number of hydrogen-bond acceptors (Lipinski definition) is 4. The molecule has 0 bridgehead atoms. The van der Waals surface area contributed by atoms with Crippen LogP contribution in [-0.2, 0) is 0 Å². The van der Waals surface area contributed by atoms with Gasteiger partial charge in [-0.1, -0.05) is 6.42 Å². The summed E-state index contributed by atoms with van der Waals surface area (Å²) in [6, 6.07) is 1.37. The number of nitrogens with two attached hydrogens (primary N) is 1. The predicted molar refractivity (Wildman–Crippen MR) is 76.8 cm³/mol. The molecule has 2 aliphatic heterocycles. The standard InChI is InChI=1S/C14H30N4/c1-16-9-10-18(14(11-15)12-16)8-6-13-5-3-4-7-17(13)2/h13-14H,3-12,15H2,1-2H3. The number of piperidine rings is 1. The van der Waals surface area contributed by atoms with E-state index in [1.165, 1.54) is 51.9 Å². The SMILES string of the molecule is CN1CCN(CCC2CCCCN2C)C(CN)C1. The Hall–Kier alpha value is -0.160. The first-order chi connectivity index (χ1) is 8.70. The van der Waals surface area contributed by atoms with Crippen molar-refractivity contribution in [3.05, 3.63) is 0 Å². The third-order valence-corrected chi connectivity index (χ3v) is 4.75. The van der Waals surface area contributed by atoms with E-state index in [1.807, 2.05) is 0 Å². The molecular weight excluding hydrogens is 224 g/mol. The molecule has 2 heterocycles. The van der Waals surface area contributed by atoms with E-state index in [0.717, 1.165) is 19.1 Å². The van der Waals surface area contributed by atoms with Crippen LogP contribution in [0.5, 0.6) is 0 Å². The van der Waals surface area contributed by atoms with E-state index >= 15 is 0 Å². The van der Waals surface area contributed by atoms with Crippen molar-refractivity contribution in [2.45, 2.75) is 37.8 Å². The van der Waals surface area contributed by atoms with Gasteiger partial charge in [0.05, 0.1) is 0 Å². The molecule has 2 saturated heterocycles. The summed E-state index contributed by atoms with van der Waals surface area (Å²) in [4.78, 5) is 7.57. The lowest BCUT2D eigenvalue weighted by atomic mass is 9.99. The molecule has 18 heavy (non-hydrogen) atoms. The summed E-state index contributed by atoms with van der Waals surface area (Å²) < 4.78 is 0. The Balaban J connectivity index is 1.77. The van der Waals surface area contributed by atoms with Crippen LogP contribution >= 0.6 is 0 Å². The Kier molecular flexibility index (Phi) is 5.42. The number of nitrogens with zero attached hydrogens (tertiary/aromatic N) is 3. The summed E-state index contributed by atoms with van der Waals surface area (Å²) in [5.41, 5.74) is 5.91. The Bertz CT molecular complexity index is 246. The molecule has 2 rings (SSSR count). The Morgan fingerprint density at radius 3 is 2.61 bits per heavy atom. The zero-order chi connectivity index (χ0) is 13.0. The highest BCUT2D eigenvalue weighted by Crippen LogP contribution is 2.19. The zero-order valence-electron chi connectivity index (χ0n) is 12.1. The highest BCUT2D eigenvalue weighted by atomic mass is 15.3. The van der Waals surface area contributed by atoms with E-state index in [1.54, 1.807) is 0 Å². The van der Waals surface area contributed by atoms with Crippen molar-refractivity contribution in [2.24, 2.45) is 5.73 Å². The first-order valence-corrected chi connectivity index (χ1v) is 7.53. The summed E-state index contributed by atoms with van der Waals surface area (Å²) in [5.74, 6) is 0. The lowest BCUT2D eigenvalue weighted by molar-refractivity contribution is 0.0781. The zero-order valence-corrected chi connectivity index (χ0v) is 12.1. The summed E-state index contributed by atoms with van der Waals surface area (Å²) in [6.45, 7) is 6.83. The minimum Gasteiger partial charge on any atom is -0.329 e. The quantitative estimate of drug-likeness (QED) is 0.789. The molecule has 4 nitrogen and oxygen atoms in total. The highest BCUT2D eigenvalue weighted by molar-refractivity contribution is 4.83. The van der Waals surface area contributed by atoms with Gasteiger partial charge >= 0.3 is 0 Å². The fourth-order valence-electron chi connectivity index (χ4n) is 3.39. The minimum atomic E-state index is 0.567. The fourth-order valence-corrected chi connectivity index (χ4v) is 3.39. The van der Waals surface area contributed by atoms with E-state index < -0.39 is 0 Å². The molecule has 0 aromatic rings. The summed E-state index contributed by atoms with van der Waals surface area (Å²) in [6.07, 6.45) is 5.50. The lowest BCUT2D eigenvalue weighted by Crippen LogP contribution is -2.55. The van der Waals surface area contributed by atoms with Gasteiger partial charge in [-0.05, 0) is 39.9 Å². The molecule has 0 aromatic carbocycles.